The Bertz CT molecular complexity index is 956. The van der Waals surface area contributed by atoms with Gasteiger partial charge in [-0.15, -0.1) is 0 Å². The zero-order chi connectivity index (χ0) is 16.3. The number of hydrogen-bond acceptors (Lipinski definition) is 3. The van der Waals surface area contributed by atoms with Crippen LogP contribution in [0.4, 0.5) is 0 Å². The molecule has 1 aromatic heterocycles. The van der Waals surface area contributed by atoms with Gasteiger partial charge in [0.15, 0.2) is 11.5 Å². The summed E-state index contributed by atoms with van der Waals surface area (Å²) in [6, 6.07) is 10.7. The third-order valence-electron chi connectivity index (χ3n) is 5.07. The van der Waals surface area contributed by atoms with Crippen LogP contribution in [0.3, 0.4) is 0 Å². The SMILES string of the molecule is CC1(C)Cc2cc3ncn(Cc4ccc5c(c4)OCO5)c3cc2C1. The van der Waals surface area contributed by atoms with Crippen molar-refractivity contribution in [3.05, 3.63) is 53.3 Å². The fourth-order valence-electron chi connectivity index (χ4n) is 3.98. The fraction of sp³-hybridized carbons (Fsp3) is 0.350. The highest BCUT2D eigenvalue weighted by atomic mass is 16.7. The second-order valence-electron chi connectivity index (χ2n) is 7.69. The summed E-state index contributed by atoms with van der Waals surface area (Å²) in [5, 5.41) is 0. The minimum absolute atomic E-state index is 0.314. The molecule has 0 fully saturated rings. The highest BCUT2D eigenvalue weighted by molar-refractivity contribution is 5.78. The molecule has 0 N–H and O–H groups in total. The third-order valence-corrected chi connectivity index (χ3v) is 5.07. The van der Waals surface area contributed by atoms with Crippen LogP contribution in [-0.4, -0.2) is 16.3 Å². The molecule has 0 amide bonds. The van der Waals surface area contributed by atoms with Crippen LogP contribution in [0.5, 0.6) is 11.5 Å². The Hall–Kier alpha value is -2.49. The quantitative estimate of drug-likeness (QED) is 0.717. The molecule has 0 saturated heterocycles. The number of ether oxygens (including phenoxy) is 2. The molecule has 4 nitrogen and oxygen atoms in total. The first-order valence-corrected chi connectivity index (χ1v) is 8.43. The topological polar surface area (TPSA) is 36.3 Å². The van der Waals surface area contributed by atoms with Crippen LogP contribution in [0.25, 0.3) is 11.0 Å². The average Bonchev–Trinajstić information content (AvgIpc) is 3.21. The molecule has 0 atom stereocenters. The van der Waals surface area contributed by atoms with E-state index >= 15 is 0 Å². The van der Waals surface area contributed by atoms with Gasteiger partial charge in [-0.25, -0.2) is 4.98 Å². The predicted octanol–water partition coefficient (Wildman–Crippen LogP) is 3.94. The lowest BCUT2D eigenvalue weighted by Gasteiger charge is -2.14. The van der Waals surface area contributed by atoms with E-state index in [1.807, 2.05) is 12.4 Å². The maximum atomic E-state index is 5.48. The van der Waals surface area contributed by atoms with E-state index in [1.54, 1.807) is 0 Å². The predicted molar refractivity (Wildman–Crippen MR) is 92.6 cm³/mol. The van der Waals surface area contributed by atoms with Gasteiger partial charge in [0.1, 0.15) is 0 Å². The number of imidazole rings is 1. The first-order valence-electron chi connectivity index (χ1n) is 8.43. The summed E-state index contributed by atoms with van der Waals surface area (Å²) < 4.78 is 13.1. The van der Waals surface area contributed by atoms with Gasteiger partial charge in [0.25, 0.3) is 0 Å². The molecule has 3 aromatic rings. The second-order valence-corrected chi connectivity index (χ2v) is 7.69. The highest BCUT2D eigenvalue weighted by Gasteiger charge is 2.29. The van der Waals surface area contributed by atoms with Crippen molar-refractivity contribution in [2.24, 2.45) is 5.41 Å². The molecule has 2 aliphatic rings. The summed E-state index contributed by atoms with van der Waals surface area (Å²) in [7, 11) is 0. The summed E-state index contributed by atoms with van der Waals surface area (Å²) in [5.74, 6) is 1.66. The first kappa shape index (κ1) is 13.9. The normalized spacial score (nSPS) is 17.4. The summed E-state index contributed by atoms with van der Waals surface area (Å²) in [6.07, 6.45) is 4.23. The van der Waals surface area contributed by atoms with Crippen LogP contribution < -0.4 is 9.47 Å². The Morgan fingerprint density at radius 3 is 2.71 bits per heavy atom. The van der Waals surface area contributed by atoms with Crippen molar-refractivity contribution in [2.45, 2.75) is 33.2 Å². The number of aromatic nitrogens is 2. The number of hydrogen-bond donors (Lipinski definition) is 0. The van der Waals surface area contributed by atoms with E-state index in [4.69, 9.17) is 9.47 Å². The lowest BCUT2D eigenvalue weighted by Crippen LogP contribution is -2.09. The van der Waals surface area contributed by atoms with Crippen molar-refractivity contribution < 1.29 is 9.47 Å². The highest BCUT2D eigenvalue weighted by Crippen LogP contribution is 2.38. The van der Waals surface area contributed by atoms with Gasteiger partial charge in [-0.05, 0) is 59.2 Å². The van der Waals surface area contributed by atoms with E-state index < -0.39 is 0 Å². The minimum Gasteiger partial charge on any atom is -0.454 e. The molecule has 0 bridgehead atoms. The molecule has 0 spiro atoms. The summed E-state index contributed by atoms with van der Waals surface area (Å²) >= 11 is 0. The van der Waals surface area contributed by atoms with Crippen LogP contribution in [-0.2, 0) is 19.4 Å². The van der Waals surface area contributed by atoms with E-state index in [9.17, 15) is 0 Å². The van der Waals surface area contributed by atoms with Crippen LogP contribution in [0.15, 0.2) is 36.7 Å². The molecule has 1 aliphatic heterocycles. The Labute approximate surface area is 141 Å². The van der Waals surface area contributed by atoms with Gasteiger partial charge in [0, 0.05) is 6.54 Å². The van der Waals surface area contributed by atoms with Crippen LogP contribution in [0.2, 0.25) is 0 Å². The Kier molecular flexibility index (Phi) is 2.76. The zero-order valence-corrected chi connectivity index (χ0v) is 14.0. The van der Waals surface area contributed by atoms with Crippen molar-refractivity contribution in [2.75, 3.05) is 6.79 Å². The minimum atomic E-state index is 0.314. The van der Waals surface area contributed by atoms with Crippen LogP contribution in [0.1, 0.15) is 30.5 Å². The summed E-state index contributed by atoms with van der Waals surface area (Å²) in [4.78, 5) is 4.62. The molecule has 122 valence electrons. The van der Waals surface area contributed by atoms with Gasteiger partial charge in [-0.2, -0.15) is 0 Å². The molecule has 4 heteroatoms. The molecule has 0 saturated carbocycles. The molecule has 0 unspecified atom stereocenters. The van der Waals surface area contributed by atoms with Gasteiger partial charge in [-0.1, -0.05) is 19.9 Å². The maximum absolute atomic E-state index is 5.48. The average molecular weight is 320 g/mol. The van der Waals surface area contributed by atoms with E-state index in [0.717, 1.165) is 36.4 Å². The van der Waals surface area contributed by atoms with Crippen LogP contribution in [0, 0.1) is 5.41 Å². The molecular formula is C20H20N2O2. The molecule has 5 rings (SSSR count). The second kappa shape index (κ2) is 4.76. The van der Waals surface area contributed by atoms with Crippen molar-refractivity contribution in [1.82, 2.24) is 9.55 Å². The zero-order valence-electron chi connectivity index (χ0n) is 14.0. The van der Waals surface area contributed by atoms with Crippen molar-refractivity contribution in [3.8, 4) is 11.5 Å². The Morgan fingerprint density at radius 2 is 1.83 bits per heavy atom. The number of benzene rings is 2. The van der Waals surface area contributed by atoms with E-state index in [-0.39, 0.29) is 0 Å². The van der Waals surface area contributed by atoms with Gasteiger partial charge in [0.2, 0.25) is 6.79 Å². The van der Waals surface area contributed by atoms with Gasteiger partial charge >= 0.3 is 0 Å². The molecular weight excluding hydrogens is 300 g/mol. The van der Waals surface area contributed by atoms with E-state index in [1.165, 1.54) is 22.2 Å². The Balaban J connectivity index is 1.52. The molecule has 24 heavy (non-hydrogen) atoms. The smallest absolute Gasteiger partial charge is 0.231 e. The third kappa shape index (κ3) is 2.17. The lowest BCUT2D eigenvalue weighted by molar-refractivity contribution is 0.174. The van der Waals surface area contributed by atoms with Crippen LogP contribution >= 0.6 is 0 Å². The first-order chi connectivity index (χ1) is 11.6. The molecule has 2 heterocycles. The molecule has 2 aromatic carbocycles. The van der Waals surface area contributed by atoms with Crippen molar-refractivity contribution >= 4 is 11.0 Å². The maximum Gasteiger partial charge on any atom is 0.231 e. The standard InChI is InChI=1S/C20H20N2O2/c1-20(2)8-14-6-16-17(7-15(14)9-20)22(11-21-16)10-13-3-4-18-19(5-13)24-12-23-18/h3-7,11H,8-10,12H2,1-2H3. The van der Waals surface area contributed by atoms with Crippen molar-refractivity contribution in [3.63, 3.8) is 0 Å². The van der Waals surface area contributed by atoms with E-state index in [2.05, 4.69) is 47.7 Å². The van der Waals surface area contributed by atoms with E-state index in [0.29, 0.717) is 12.2 Å². The summed E-state index contributed by atoms with van der Waals surface area (Å²) in [5.41, 5.74) is 6.79. The van der Waals surface area contributed by atoms with Gasteiger partial charge < -0.3 is 14.0 Å². The fourth-order valence-corrected chi connectivity index (χ4v) is 3.98. The Morgan fingerprint density at radius 1 is 1.04 bits per heavy atom. The number of nitrogens with zero attached hydrogens (tertiary/aromatic N) is 2. The number of rotatable bonds is 2. The van der Waals surface area contributed by atoms with Gasteiger partial charge in [0.05, 0.1) is 17.4 Å². The van der Waals surface area contributed by atoms with Crippen molar-refractivity contribution in [1.29, 1.82) is 0 Å². The largest absolute Gasteiger partial charge is 0.454 e. The monoisotopic (exact) mass is 320 g/mol. The van der Waals surface area contributed by atoms with Gasteiger partial charge in [-0.3, -0.25) is 0 Å². The molecule has 0 radical (unpaired) electrons. The summed E-state index contributed by atoms with van der Waals surface area (Å²) in [6.45, 7) is 5.78. The molecule has 1 aliphatic carbocycles. The lowest BCUT2D eigenvalue weighted by atomic mass is 9.90. The number of fused-ring (bicyclic) bond motifs is 3.